The van der Waals surface area contributed by atoms with Gasteiger partial charge < -0.3 is 0 Å². The van der Waals surface area contributed by atoms with Crippen molar-refractivity contribution >= 4 is 40.3 Å². The lowest BCUT2D eigenvalue weighted by molar-refractivity contribution is 0.565. The van der Waals surface area contributed by atoms with E-state index in [1.165, 1.54) is 16.7 Å². The van der Waals surface area contributed by atoms with E-state index in [1.54, 1.807) is 0 Å². The van der Waals surface area contributed by atoms with Gasteiger partial charge in [-0.3, -0.25) is 0 Å². The Kier molecular flexibility index (Phi) is 5.19. The Labute approximate surface area is 160 Å². The number of hydrogen-bond donors (Lipinski definition) is 0. The predicted octanol–water partition coefficient (Wildman–Crippen LogP) is 7.34. The Morgan fingerprint density at radius 1 is 0.520 bits per heavy atom. The summed E-state index contributed by atoms with van der Waals surface area (Å²) >= 11 is 13.3. The van der Waals surface area contributed by atoms with E-state index in [9.17, 15) is 0 Å². The molecular weight excluding hydrogens is 349 g/mol. The first-order valence-electron chi connectivity index (χ1n) is 8.33. The third-order valence-electron chi connectivity index (χ3n) is 4.62. The SMILES string of the molecule is Cc1ccc([N+](c2ccc(C)cc2)(c2ccc(C)cc2)C(Cl)Cl)cc1. The van der Waals surface area contributed by atoms with Crippen LogP contribution in [-0.2, 0) is 0 Å². The van der Waals surface area contributed by atoms with Gasteiger partial charge in [0.25, 0.3) is 4.96 Å². The van der Waals surface area contributed by atoms with Crippen LogP contribution >= 0.6 is 23.2 Å². The number of nitrogens with zero attached hydrogens (tertiary/aromatic N) is 1. The van der Waals surface area contributed by atoms with Crippen LogP contribution in [0, 0.1) is 20.8 Å². The van der Waals surface area contributed by atoms with Crippen LogP contribution in [0.1, 0.15) is 16.7 Å². The highest BCUT2D eigenvalue weighted by Gasteiger charge is 2.42. The summed E-state index contributed by atoms with van der Waals surface area (Å²) in [6, 6.07) is 25.2. The lowest BCUT2D eigenvalue weighted by atomic mass is 10.1. The molecule has 0 unspecified atom stereocenters. The molecule has 0 radical (unpaired) electrons. The second kappa shape index (κ2) is 7.21. The van der Waals surface area contributed by atoms with Crippen molar-refractivity contribution < 1.29 is 0 Å². The fraction of sp³-hybridized carbons (Fsp3) is 0.182. The van der Waals surface area contributed by atoms with Crippen LogP contribution in [0.4, 0.5) is 17.1 Å². The van der Waals surface area contributed by atoms with Gasteiger partial charge in [-0.15, -0.1) is 0 Å². The summed E-state index contributed by atoms with van der Waals surface area (Å²) in [4.78, 5) is -0.687. The van der Waals surface area contributed by atoms with Gasteiger partial charge in [-0.05, 0) is 44.0 Å². The zero-order valence-electron chi connectivity index (χ0n) is 14.7. The Hall–Kier alpha value is -1.80. The maximum absolute atomic E-state index is 6.66. The van der Waals surface area contributed by atoms with Gasteiger partial charge in [0, 0.05) is 36.4 Å². The molecule has 0 heterocycles. The van der Waals surface area contributed by atoms with E-state index >= 15 is 0 Å². The van der Waals surface area contributed by atoms with Crippen LogP contribution in [0.15, 0.2) is 72.8 Å². The normalized spacial score (nSPS) is 11.8. The third-order valence-corrected chi connectivity index (χ3v) is 5.20. The number of halogens is 2. The molecule has 0 amide bonds. The molecule has 1 nitrogen and oxygen atoms in total. The van der Waals surface area contributed by atoms with Crippen molar-refractivity contribution in [3.63, 3.8) is 0 Å². The van der Waals surface area contributed by atoms with Gasteiger partial charge in [0.05, 0.1) is 0 Å². The topological polar surface area (TPSA) is 0 Å². The van der Waals surface area contributed by atoms with E-state index in [1.807, 2.05) is 0 Å². The fourth-order valence-electron chi connectivity index (χ4n) is 3.12. The lowest BCUT2D eigenvalue weighted by Crippen LogP contribution is -2.42. The number of hydrogen-bond acceptors (Lipinski definition) is 0. The molecule has 3 aromatic carbocycles. The number of rotatable bonds is 4. The fourth-order valence-corrected chi connectivity index (χ4v) is 3.80. The van der Waals surface area contributed by atoms with E-state index in [0.717, 1.165) is 17.1 Å². The number of alkyl halides is 2. The molecule has 0 aromatic heterocycles. The summed E-state index contributed by atoms with van der Waals surface area (Å²) in [6.07, 6.45) is 0. The van der Waals surface area contributed by atoms with E-state index in [-0.39, 0.29) is 4.48 Å². The van der Waals surface area contributed by atoms with Gasteiger partial charge in [-0.1, -0.05) is 53.1 Å². The molecule has 3 rings (SSSR count). The first-order chi connectivity index (χ1) is 11.9. The van der Waals surface area contributed by atoms with Crippen LogP contribution in [0.25, 0.3) is 0 Å². The molecule has 0 saturated carbocycles. The summed E-state index contributed by atoms with van der Waals surface area (Å²) in [5, 5.41) is 0. The number of benzene rings is 3. The monoisotopic (exact) mass is 370 g/mol. The van der Waals surface area contributed by atoms with E-state index < -0.39 is 4.96 Å². The molecule has 3 heteroatoms. The summed E-state index contributed by atoms with van der Waals surface area (Å²) in [7, 11) is 0. The summed E-state index contributed by atoms with van der Waals surface area (Å²) < 4.78 is 0.254. The van der Waals surface area contributed by atoms with E-state index in [0.29, 0.717) is 0 Å². The molecule has 0 spiro atoms. The van der Waals surface area contributed by atoms with Gasteiger partial charge in [0.15, 0.2) is 0 Å². The quantitative estimate of drug-likeness (QED) is 0.256. The first-order valence-corrected chi connectivity index (χ1v) is 9.20. The van der Waals surface area contributed by atoms with Crippen molar-refractivity contribution in [1.29, 1.82) is 0 Å². The molecule has 25 heavy (non-hydrogen) atoms. The highest BCUT2D eigenvalue weighted by atomic mass is 35.5. The molecule has 0 N–H and O–H groups in total. The van der Waals surface area contributed by atoms with Crippen molar-refractivity contribution in [2.75, 3.05) is 0 Å². The number of aryl methyl sites for hydroxylation is 3. The molecule has 128 valence electrons. The molecule has 0 bridgehead atoms. The Bertz CT molecular complexity index is 724. The van der Waals surface area contributed by atoms with Crippen molar-refractivity contribution in [2.45, 2.75) is 25.7 Å². The Morgan fingerprint density at radius 3 is 0.960 bits per heavy atom. The molecule has 0 saturated heterocycles. The van der Waals surface area contributed by atoms with E-state index in [2.05, 4.69) is 93.6 Å². The van der Waals surface area contributed by atoms with Gasteiger partial charge in [0.2, 0.25) is 0 Å². The van der Waals surface area contributed by atoms with Crippen LogP contribution in [-0.4, -0.2) is 4.96 Å². The third kappa shape index (κ3) is 3.32. The highest BCUT2D eigenvalue weighted by molar-refractivity contribution is 6.45. The van der Waals surface area contributed by atoms with Crippen molar-refractivity contribution in [2.24, 2.45) is 0 Å². The summed E-state index contributed by atoms with van der Waals surface area (Å²) in [5.41, 5.74) is 6.72. The molecule has 0 aliphatic rings. The second-order valence-electron chi connectivity index (χ2n) is 6.51. The van der Waals surface area contributed by atoms with Crippen LogP contribution in [0.3, 0.4) is 0 Å². The molecular formula is C22H22Cl2N+. The van der Waals surface area contributed by atoms with Crippen molar-refractivity contribution in [1.82, 2.24) is 4.48 Å². The van der Waals surface area contributed by atoms with Crippen LogP contribution < -0.4 is 4.48 Å². The maximum Gasteiger partial charge on any atom is 0.255 e. The standard InChI is InChI=1S/C22H22Cl2N/c1-16-4-10-19(11-5-16)25(22(23)24,20-12-6-17(2)7-13-20)21-14-8-18(3)9-15-21/h4-15,22H,1-3H3/q+1. The van der Waals surface area contributed by atoms with E-state index in [4.69, 9.17) is 23.2 Å². The van der Waals surface area contributed by atoms with Gasteiger partial charge in [0.1, 0.15) is 17.1 Å². The van der Waals surface area contributed by atoms with Gasteiger partial charge in [-0.25, -0.2) is 0 Å². The van der Waals surface area contributed by atoms with Crippen LogP contribution in [0.5, 0.6) is 0 Å². The molecule has 0 aliphatic carbocycles. The van der Waals surface area contributed by atoms with Crippen LogP contribution in [0.2, 0.25) is 0 Å². The van der Waals surface area contributed by atoms with Crippen molar-refractivity contribution in [3.8, 4) is 0 Å². The molecule has 0 atom stereocenters. The first kappa shape index (κ1) is 18.0. The molecule has 0 fully saturated rings. The largest absolute Gasteiger partial charge is 0.255 e. The maximum atomic E-state index is 6.66. The number of quaternary nitrogens is 1. The smallest absolute Gasteiger partial charge is 0.198 e. The van der Waals surface area contributed by atoms with Crippen molar-refractivity contribution in [3.05, 3.63) is 89.5 Å². The minimum absolute atomic E-state index is 0.254. The van der Waals surface area contributed by atoms with Gasteiger partial charge in [-0.2, -0.15) is 4.48 Å². The van der Waals surface area contributed by atoms with Gasteiger partial charge >= 0.3 is 0 Å². The zero-order chi connectivity index (χ0) is 18.0. The minimum atomic E-state index is -0.687. The summed E-state index contributed by atoms with van der Waals surface area (Å²) in [5.74, 6) is 0. The zero-order valence-corrected chi connectivity index (χ0v) is 16.2. The Balaban J connectivity index is 2.33. The summed E-state index contributed by atoms with van der Waals surface area (Å²) in [6.45, 7) is 6.24. The highest BCUT2D eigenvalue weighted by Crippen LogP contribution is 2.48. The molecule has 0 aliphatic heterocycles. The minimum Gasteiger partial charge on any atom is -0.198 e. The molecule has 3 aromatic rings. The second-order valence-corrected chi connectivity index (χ2v) is 7.56. The predicted molar refractivity (Wildman–Crippen MR) is 110 cm³/mol. The lowest BCUT2D eigenvalue weighted by Gasteiger charge is -2.38. The average Bonchev–Trinajstić information content (AvgIpc) is 2.60. The average molecular weight is 371 g/mol. The Morgan fingerprint density at radius 2 is 0.760 bits per heavy atom.